The molecule has 0 aliphatic heterocycles. The van der Waals surface area contributed by atoms with Crippen molar-refractivity contribution in [3.8, 4) is 0 Å². The largest absolute Gasteiger partial charge is 0.269 e. The molecule has 0 spiro atoms. The molecule has 0 aliphatic carbocycles. The lowest BCUT2D eigenvalue weighted by Crippen LogP contribution is -2.01. The maximum absolute atomic E-state index is 4.10. The first kappa shape index (κ1) is 9.04. The van der Waals surface area contributed by atoms with Gasteiger partial charge in [-0.25, -0.2) is 0 Å². The van der Waals surface area contributed by atoms with Gasteiger partial charge in [0.2, 0.25) is 0 Å². The Hall–Kier alpha value is -1.05. The minimum atomic E-state index is 0.271. The summed E-state index contributed by atoms with van der Waals surface area (Å²) in [6.45, 7) is 7.43. The molecule has 2 heteroatoms. The zero-order valence-electron chi connectivity index (χ0n) is 7.99. The second-order valence-electron chi connectivity index (χ2n) is 4.00. The molecule has 0 amide bonds. The summed E-state index contributed by atoms with van der Waals surface area (Å²) in [4.78, 5) is 0. The fourth-order valence-electron chi connectivity index (χ4n) is 0.923. The van der Waals surface area contributed by atoms with Crippen LogP contribution < -0.4 is 0 Å². The van der Waals surface area contributed by atoms with Crippen LogP contribution in [-0.4, -0.2) is 9.78 Å². The van der Waals surface area contributed by atoms with E-state index in [1.807, 2.05) is 16.9 Å². The second kappa shape index (κ2) is 3.57. The Bertz CT molecular complexity index is 239. The zero-order chi connectivity index (χ0) is 9.03. The Morgan fingerprint density at radius 1 is 1.42 bits per heavy atom. The summed E-state index contributed by atoms with van der Waals surface area (Å²) in [7, 11) is 0. The highest BCUT2D eigenvalue weighted by atomic mass is 15.3. The molecule has 0 saturated heterocycles. The van der Waals surface area contributed by atoms with Gasteiger partial charge in [0.15, 0.2) is 0 Å². The van der Waals surface area contributed by atoms with Gasteiger partial charge in [0.05, 0.1) is 6.54 Å². The highest BCUT2D eigenvalue weighted by Gasteiger charge is 2.02. The Labute approximate surface area is 73.9 Å². The molecule has 0 fully saturated rings. The first-order chi connectivity index (χ1) is 5.58. The topological polar surface area (TPSA) is 17.8 Å². The van der Waals surface area contributed by atoms with Crippen LogP contribution in [0.5, 0.6) is 0 Å². The van der Waals surface area contributed by atoms with Crippen LogP contribution in [0.3, 0.4) is 0 Å². The number of hydrogen-bond acceptors (Lipinski definition) is 1. The monoisotopic (exact) mass is 164 g/mol. The van der Waals surface area contributed by atoms with Gasteiger partial charge >= 0.3 is 0 Å². The van der Waals surface area contributed by atoms with E-state index < -0.39 is 0 Å². The molecule has 0 radical (unpaired) electrons. The minimum absolute atomic E-state index is 0.271. The number of nitrogens with zero attached hydrogens (tertiary/aromatic N) is 2. The van der Waals surface area contributed by atoms with Gasteiger partial charge in [-0.3, -0.25) is 4.68 Å². The van der Waals surface area contributed by atoms with Crippen LogP contribution in [-0.2, 0) is 6.54 Å². The molecule has 0 unspecified atom stereocenters. The van der Waals surface area contributed by atoms with E-state index in [4.69, 9.17) is 0 Å². The van der Waals surface area contributed by atoms with Gasteiger partial charge in [-0.2, -0.15) is 5.10 Å². The average Bonchev–Trinajstić information content (AvgIpc) is 2.36. The molecule has 12 heavy (non-hydrogen) atoms. The molecule has 0 aromatic carbocycles. The predicted octanol–water partition coefficient (Wildman–Crippen LogP) is 2.49. The Morgan fingerprint density at radius 2 is 2.17 bits per heavy atom. The summed E-state index contributed by atoms with van der Waals surface area (Å²) < 4.78 is 1.90. The fourth-order valence-corrected chi connectivity index (χ4v) is 0.923. The summed E-state index contributed by atoms with van der Waals surface area (Å²) in [5.41, 5.74) is 0.271. The van der Waals surface area contributed by atoms with E-state index in [2.05, 4.69) is 38.0 Å². The molecule has 1 aromatic heterocycles. The van der Waals surface area contributed by atoms with Crippen LogP contribution in [0.1, 0.15) is 20.8 Å². The van der Waals surface area contributed by atoms with Crippen molar-refractivity contribution in [1.29, 1.82) is 0 Å². The van der Waals surface area contributed by atoms with Crippen LogP contribution in [0.25, 0.3) is 0 Å². The highest BCUT2D eigenvalue weighted by molar-refractivity contribution is 4.92. The third-order valence-electron chi connectivity index (χ3n) is 1.47. The molecule has 0 atom stereocenters. The van der Waals surface area contributed by atoms with Crippen LogP contribution in [0, 0.1) is 5.41 Å². The first-order valence-electron chi connectivity index (χ1n) is 4.23. The van der Waals surface area contributed by atoms with Crippen LogP contribution in [0.15, 0.2) is 30.6 Å². The zero-order valence-corrected chi connectivity index (χ0v) is 7.99. The average molecular weight is 164 g/mol. The Kier molecular flexibility index (Phi) is 2.69. The predicted molar refractivity (Wildman–Crippen MR) is 50.8 cm³/mol. The Balaban J connectivity index is 2.41. The molecular weight excluding hydrogens is 148 g/mol. The number of hydrogen-bond donors (Lipinski definition) is 0. The van der Waals surface area contributed by atoms with Crippen molar-refractivity contribution in [2.24, 2.45) is 5.41 Å². The summed E-state index contributed by atoms with van der Waals surface area (Å²) in [5.74, 6) is 0. The van der Waals surface area contributed by atoms with E-state index >= 15 is 0 Å². The van der Waals surface area contributed by atoms with Gasteiger partial charge in [-0.1, -0.05) is 32.9 Å². The smallest absolute Gasteiger partial charge is 0.0590 e. The van der Waals surface area contributed by atoms with Crippen LogP contribution in [0.4, 0.5) is 0 Å². The molecule has 1 aromatic rings. The van der Waals surface area contributed by atoms with Crippen molar-refractivity contribution in [3.63, 3.8) is 0 Å². The lowest BCUT2D eigenvalue weighted by atomic mass is 9.96. The van der Waals surface area contributed by atoms with E-state index in [9.17, 15) is 0 Å². The molecule has 1 heterocycles. The quantitative estimate of drug-likeness (QED) is 0.614. The number of aromatic nitrogens is 2. The third kappa shape index (κ3) is 3.37. The normalized spacial score (nSPS) is 12.6. The van der Waals surface area contributed by atoms with Crippen molar-refractivity contribution >= 4 is 0 Å². The summed E-state index contributed by atoms with van der Waals surface area (Å²) in [5, 5.41) is 4.10. The standard InChI is InChI=1S/C10H16N2/c1-10(2,3)6-4-8-12-9-5-7-11-12/h4-7,9H,8H2,1-3H3/b6-4+. The van der Waals surface area contributed by atoms with Gasteiger partial charge in [-0.05, 0) is 11.5 Å². The lowest BCUT2D eigenvalue weighted by molar-refractivity contribution is 0.539. The van der Waals surface area contributed by atoms with Crippen molar-refractivity contribution in [2.45, 2.75) is 27.3 Å². The molecule has 0 N–H and O–H groups in total. The summed E-state index contributed by atoms with van der Waals surface area (Å²) in [6.07, 6.45) is 8.11. The Morgan fingerprint density at radius 3 is 2.67 bits per heavy atom. The van der Waals surface area contributed by atoms with E-state index in [1.165, 1.54) is 0 Å². The molecule has 0 bridgehead atoms. The van der Waals surface area contributed by atoms with Gasteiger partial charge in [-0.15, -0.1) is 0 Å². The second-order valence-corrected chi connectivity index (χ2v) is 4.00. The van der Waals surface area contributed by atoms with Crippen molar-refractivity contribution in [1.82, 2.24) is 9.78 Å². The van der Waals surface area contributed by atoms with Gasteiger partial charge in [0, 0.05) is 12.4 Å². The third-order valence-corrected chi connectivity index (χ3v) is 1.47. The summed E-state index contributed by atoms with van der Waals surface area (Å²) >= 11 is 0. The van der Waals surface area contributed by atoms with Gasteiger partial charge < -0.3 is 0 Å². The highest BCUT2D eigenvalue weighted by Crippen LogP contribution is 2.14. The molecule has 0 aliphatic rings. The van der Waals surface area contributed by atoms with Crippen LogP contribution >= 0.6 is 0 Å². The molecule has 1 rings (SSSR count). The van der Waals surface area contributed by atoms with Crippen LogP contribution in [0.2, 0.25) is 0 Å². The molecule has 66 valence electrons. The fraction of sp³-hybridized carbons (Fsp3) is 0.500. The van der Waals surface area contributed by atoms with Crippen molar-refractivity contribution in [3.05, 3.63) is 30.6 Å². The van der Waals surface area contributed by atoms with E-state index in [-0.39, 0.29) is 5.41 Å². The maximum atomic E-state index is 4.10. The molecule has 0 saturated carbocycles. The summed E-state index contributed by atoms with van der Waals surface area (Å²) in [6, 6.07) is 1.94. The number of allylic oxidation sites excluding steroid dienone is 2. The maximum Gasteiger partial charge on any atom is 0.0590 e. The van der Waals surface area contributed by atoms with Gasteiger partial charge in [0.25, 0.3) is 0 Å². The van der Waals surface area contributed by atoms with Crippen molar-refractivity contribution < 1.29 is 0 Å². The molecule has 2 nitrogen and oxygen atoms in total. The van der Waals surface area contributed by atoms with Gasteiger partial charge in [0.1, 0.15) is 0 Å². The lowest BCUT2D eigenvalue weighted by Gasteiger charge is -2.10. The number of rotatable bonds is 2. The van der Waals surface area contributed by atoms with Crippen molar-refractivity contribution in [2.75, 3.05) is 0 Å². The first-order valence-corrected chi connectivity index (χ1v) is 4.23. The van der Waals surface area contributed by atoms with E-state index in [0.717, 1.165) is 6.54 Å². The SMILES string of the molecule is CC(C)(C)/C=C/Cn1cccn1. The minimum Gasteiger partial charge on any atom is -0.269 e. The van der Waals surface area contributed by atoms with E-state index in [1.54, 1.807) is 6.20 Å². The van der Waals surface area contributed by atoms with E-state index in [0.29, 0.717) is 0 Å². The molecular formula is C10H16N2.